The highest BCUT2D eigenvalue weighted by Crippen LogP contribution is 2.38. The largest absolute Gasteiger partial charge is 0.492 e. The zero-order valence-corrected chi connectivity index (χ0v) is 14.5. The number of halogens is 3. The van der Waals surface area contributed by atoms with Crippen molar-refractivity contribution in [3.63, 3.8) is 0 Å². The Morgan fingerprint density at radius 2 is 2.11 bits per heavy atom. The van der Waals surface area contributed by atoms with Crippen molar-refractivity contribution < 1.29 is 17.9 Å². The number of nitrogens with one attached hydrogen (secondary N) is 2. The van der Waals surface area contributed by atoms with Crippen LogP contribution in [0.2, 0.25) is 0 Å². The molecule has 0 amide bonds. The molecule has 0 fully saturated rings. The molecule has 10 heteroatoms. The van der Waals surface area contributed by atoms with Crippen molar-refractivity contribution in [3.8, 4) is 5.75 Å². The molecule has 0 saturated heterocycles. The first-order chi connectivity index (χ1) is 12.9. The number of nitrogens with zero attached hydrogens (tertiary/aromatic N) is 2. The van der Waals surface area contributed by atoms with Crippen LogP contribution in [0.1, 0.15) is 16.7 Å². The minimum absolute atomic E-state index is 0.204. The van der Waals surface area contributed by atoms with E-state index in [0.29, 0.717) is 32.0 Å². The average molecular weight is 383 g/mol. The van der Waals surface area contributed by atoms with Gasteiger partial charge in [0.1, 0.15) is 17.9 Å². The molecule has 2 aromatic rings. The second-order valence-corrected chi connectivity index (χ2v) is 6.09. The second-order valence-electron chi connectivity index (χ2n) is 6.09. The first kappa shape index (κ1) is 19.2. The molecule has 0 bridgehead atoms. The molecule has 4 N–H and O–H groups in total. The minimum Gasteiger partial charge on any atom is -0.492 e. The van der Waals surface area contributed by atoms with Gasteiger partial charge in [-0.25, -0.2) is 5.10 Å². The molecule has 3 rings (SSSR count). The number of fused-ring (bicyclic) bond motifs is 1. The third-order valence-electron chi connectivity index (χ3n) is 4.26. The molecule has 7 nitrogen and oxygen atoms in total. The molecule has 1 aromatic heterocycles. The lowest BCUT2D eigenvalue weighted by atomic mass is 10.1. The molecule has 2 heterocycles. The second kappa shape index (κ2) is 7.97. The van der Waals surface area contributed by atoms with E-state index in [-0.39, 0.29) is 18.8 Å². The summed E-state index contributed by atoms with van der Waals surface area (Å²) in [6.45, 7) is 2.68. The molecule has 1 aliphatic rings. The van der Waals surface area contributed by atoms with Crippen LogP contribution in [0, 0.1) is 0 Å². The summed E-state index contributed by atoms with van der Waals surface area (Å²) < 4.78 is 45.7. The lowest BCUT2D eigenvalue weighted by Crippen LogP contribution is -2.28. The maximum absolute atomic E-state index is 13.3. The van der Waals surface area contributed by atoms with Crippen LogP contribution in [0.3, 0.4) is 0 Å². The lowest BCUT2D eigenvalue weighted by molar-refractivity contribution is -0.138. The number of aromatic nitrogens is 2. The van der Waals surface area contributed by atoms with Gasteiger partial charge in [-0.15, -0.1) is 0 Å². The van der Waals surface area contributed by atoms with Crippen molar-refractivity contribution in [3.05, 3.63) is 51.4 Å². The SMILES string of the molecule is NCCNCCOc1cccc2c1CN(c1cn[nH]c(=O)c1C(F)(F)F)C2. The summed E-state index contributed by atoms with van der Waals surface area (Å²) in [4.78, 5) is 13.2. The molecule has 27 heavy (non-hydrogen) atoms. The molecule has 146 valence electrons. The van der Waals surface area contributed by atoms with E-state index < -0.39 is 17.3 Å². The number of H-pyrrole nitrogens is 1. The van der Waals surface area contributed by atoms with Crippen molar-refractivity contribution in [2.24, 2.45) is 5.73 Å². The van der Waals surface area contributed by atoms with Crippen molar-refractivity contribution in [1.82, 2.24) is 15.5 Å². The fraction of sp³-hybridized carbons (Fsp3) is 0.412. The van der Waals surface area contributed by atoms with E-state index in [4.69, 9.17) is 10.5 Å². The smallest absolute Gasteiger partial charge is 0.423 e. The highest BCUT2D eigenvalue weighted by Gasteiger charge is 2.39. The van der Waals surface area contributed by atoms with Gasteiger partial charge in [0, 0.05) is 38.3 Å². The van der Waals surface area contributed by atoms with Gasteiger partial charge in [-0.05, 0) is 11.6 Å². The van der Waals surface area contributed by atoms with Crippen LogP contribution in [0.5, 0.6) is 5.75 Å². The first-order valence-electron chi connectivity index (χ1n) is 8.46. The summed E-state index contributed by atoms with van der Waals surface area (Å²) in [6.07, 6.45) is -3.73. The van der Waals surface area contributed by atoms with Crippen LogP contribution in [0.25, 0.3) is 0 Å². The molecular formula is C17H20F3N5O2. The number of hydrogen-bond donors (Lipinski definition) is 3. The van der Waals surface area contributed by atoms with E-state index in [1.807, 2.05) is 11.2 Å². The number of anilines is 1. The average Bonchev–Trinajstić information content (AvgIpc) is 3.05. The zero-order chi connectivity index (χ0) is 19.4. The lowest BCUT2D eigenvalue weighted by Gasteiger charge is -2.21. The Morgan fingerprint density at radius 3 is 2.85 bits per heavy atom. The van der Waals surface area contributed by atoms with E-state index in [0.717, 1.165) is 17.3 Å². The number of rotatable bonds is 7. The number of aromatic amines is 1. The maximum Gasteiger partial charge on any atom is 0.423 e. The van der Waals surface area contributed by atoms with Crippen LogP contribution in [0.15, 0.2) is 29.2 Å². The first-order valence-corrected chi connectivity index (χ1v) is 8.46. The summed E-state index contributed by atoms with van der Waals surface area (Å²) >= 11 is 0. The highest BCUT2D eigenvalue weighted by atomic mass is 19.4. The van der Waals surface area contributed by atoms with E-state index in [9.17, 15) is 18.0 Å². The van der Waals surface area contributed by atoms with Gasteiger partial charge in [-0.3, -0.25) is 4.79 Å². The molecule has 0 aliphatic carbocycles. The van der Waals surface area contributed by atoms with Gasteiger partial charge in [0.15, 0.2) is 0 Å². The zero-order valence-electron chi connectivity index (χ0n) is 14.5. The molecule has 0 saturated carbocycles. The van der Waals surface area contributed by atoms with Gasteiger partial charge in [-0.2, -0.15) is 18.3 Å². The standard InChI is InChI=1S/C17H20F3N5O2/c18-17(19,20)15-13(8-23-24-16(15)26)25-9-11-2-1-3-14(12(11)10-25)27-7-6-22-5-4-21/h1-3,8,22H,4-7,9-10,21H2,(H,24,26). The Balaban J connectivity index is 1.80. The van der Waals surface area contributed by atoms with Crippen LogP contribution in [-0.2, 0) is 19.3 Å². The number of alkyl halides is 3. The Bertz CT molecular complexity index is 853. The third-order valence-corrected chi connectivity index (χ3v) is 4.26. The normalized spacial score (nSPS) is 13.7. The Morgan fingerprint density at radius 1 is 1.30 bits per heavy atom. The Hall–Kier alpha value is -2.59. The Kier molecular flexibility index (Phi) is 5.66. The fourth-order valence-electron chi connectivity index (χ4n) is 3.06. The maximum atomic E-state index is 13.3. The van der Waals surface area contributed by atoms with Crippen LogP contribution in [-0.4, -0.2) is 36.4 Å². The molecule has 0 radical (unpaired) electrons. The molecule has 0 unspecified atom stereocenters. The van der Waals surface area contributed by atoms with E-state index in [2.05, 4.69) is 10.4 Å². The molecule has 1 aliphatic heterocycles. The van der Waals surface area contributed by atoms with Crippen LogP contribution in [0.4, 0.5) is 18.9 Å². The summed E-state index contributed by atoms with van der Waals surface area (Å²) in [5.41, 5.74) is 4.34. The summed E-state index contributed by atoms with van der Waals surface area (Å²) in [5, 5.41) is 8.50. The molecule has 1 aromatic carbocycles. The van der Waals surface area contributed by atoms with Crippen molar-refractivity contribution in [2.75, 3.05) is 31.1 Å². The van der Waals surface area contributed by atoms with Gasteiger partial charge in [0.05, 0.1) is 11.9 Å². The van der Waals surface area contributed by atoms with Crippen molar-refractivity contribution in [2.45, 2.75) is 19.3 Å². The molecule has 0 atom stereocenters. The van der Waals surface area contributed by atoms with Gasteiger partial charge in [-0.1, -0.05) is 12.1 Å². The minimum atomic E-state index is -4.77. The van der Waals surface area contributed by atoms with Gasteiger partial charge in [0.2, 0.25) is 0 Å². The predicted molar refractivity (Wildman–Crippen MR) is 93.6 cm³/mol. The van der Waals surface area contributed by atoms with Crippen LogP contribution < -0.4 is 26.2 Å². The third kappa shape index (κ3) is 4.22. The van der Waals surface area contributed by atoms with Gasteiger partial charge >= 0.3 is 6.18 Å². The number of benzene rings is 1. The van der Waals surface area contributed by atoms with Crippen LogP contribution >= 0.6 is 0 Å². The van der Waals surface area contributed by atoms with Crippen molar-refractivity contribution >= 4 is 5.69 Å². The van der Waals surface area contributed by atoms with Gasteiger partial charge < -0.3 is 20.7 Å². The van der Waals surface area contributed by atoms with E-state index >= 15 is 0 Å². The molecule has 0 spiro atoms. The summed E-state index contributed by atoms with van der Waals surface area (Å²) in [5.74, 6) is 0.621. The number of hydrogen-bond acceptors (Lipinski definition) is 6. The van der Waals surface area contributed by atoms with Crippen molar-refractivity contribution in [1.29, 1.82) is 0 Å². The quantitative estimate of drug-likeness (QED) is 0.623. The highest BCUT2D eigenvalue weighted by molar-refractivity contribution is 5.58. The molecular weight excluding hydrogens is 363 g/mol. The number of nitrogens with two attached hydrogens (primary N) is 1. The Labute approximate surface area is 153 Å². The van der Waals surface area contributed by atoms with E-state index in [1.54, 1.807) is 12.1 Å². The monoisotopic (exact) mass is 383 g/mol. The topological polar surface area (TPSA) is 96.3 Å². The summed E-state index contributed by atoms with van der Waals surface area (Å²) in [7, 11) is 0. The summed E-state index contributed by atoms with van der Waals surface area (Å²) in [6, 6.07) is 5.42. The van der Waals surface area contributed by atoms with Gasteiger partial charge in [0.25, 0.3) is 5.56 Å². The predicted octanol–water partition coefficient (Wildman–Crippen LogP) is 1.24. The number of ether oxygens (including phenoxy) is 1. The van der Waals surface area contributed by atoms with E-state index in [1.165, 1.54) is 4.90 Å². The fourth-order valence-corrected chi connectivity index (χ4v) is 3.06.